The summed E-state index contributed by atoms with van der Waals surface area (Å²) < 4.78 is 46.2. The minimum atomic E-state index is -3.92. The quantitative estimate of drug-likeness (QED) is 0.106. The summed E-state index contributed by atoms with van der Waals surface area (Å²) in [6, 6.07) is 1.12. The van der Waals surface area contributed by atoms with Gasteiger partial charge in [-0.2, -0.15) is 13.8 Å². The second kappa shape index (κ2) is 19.5. The number of aliphatic hydroxyl groups excluding tert-OH is 2. The number of alkyl halides is 2. The molecule has 2 amide bonds. The van der Waals surface area contributed by atoms with Gasteiger partial charge < -0.3 is 30.2 Å². The van der Waals surface area contributed by atoms with Crippen LogP contribution in [-0.4, -0.2) is 103 Å². The molecule has 4 aliphatic carbocycles. The van der Waals surface area contributed by atoms with E-state index < -0.39 is 71.8 Å². The van der Waals surface area contributed by atoms with Gasteiger partial charge in [-0.1, -0.05) is 50.3 Å². The monoisotopic (exact) mass is 898 g/mol. The van der Waals surface area contributed by atoms with Crippen LogP contribution in [0, 0.1) is 29.1 Å². The lowest BCUT2D eigenvalue weighted by Crippen LogP contribution is -2.42. The maximum absolute atomic E-state index is 14.8. The first-order valence-electron chi connectivity index (χ1n) is 22.3. The van der Waals surface area contributed by atoms with Gasteiger partial charge in [0.2, 0.25) is 18.0 Å². The van der Waals surface area contributed by atoms with E-state index in [2.05, 4.69) is 43.6 Å². The third-order valence-electron chi connectivity index (χ3n) is 14.1. The Kier molecular flexibility index (Phi) is 14.5. The predicted molar refractivity (Wildman–Crippen MR) is 230 cm³/mol. The van der Waals surface area contributed by atoms with Gasteiger partial charge in [-0.25, -0.2) is 4.79 Å². The summed E-state index contributed by atoms with van der Waals surface area (Å²) in [4.78, 5) is 67.9. The zero-order chi connectivity index (χ0) is 45.2. The summed E-state index contributed by atoms with van der Waals surface area (Å²) in [5.41, 5.74) is 7.86. The van der Waals surface area contributed by atoms with Crippen molar-refractivity contribution in [2.75, 3.05) is 24.6 Å². The standard InChI is InChI=1S/C46H60F2N4O10S/c1-26(11-18-33(53)30-14-15-30)31-16-17-32-29(8-5-20-45(31,32)3)13-12-28-7-4-9-34(27(28)2)61-40(56)25-63-36-23-38(54)51(42(36)58)21-6-10-39(55)60-24-35-41(57)46(47,48)43(62-35)52-22-19-37(49)50-44(52)59/h11-13,18-19,22,26,30-36,41,43,53,57H,2,4-10,14-17,20-21,23-25H2,1,3H3,(H2,49,50,59)/b18-11+,28-12-,29-13+/t26?,31?,32?,33?,34-,35?,36?,41?,43?,45+/m0/s1. The van der Waals surface area contributed by atoms with E-state index in [1.54, 1.807) is 0 Å². The Morgan fingerprint density at radius 2 is 1.89 bits per heavy atom. The molecule has 0 radical (unpaired) electrons. The molecular weight excluding hydrogens is 839 g/mol. The van der Waals surface area contributed by atoms with Crippen molar-refractivity contribution in [3.8, 4) is 0 Å². The van der Waals surface area contributed by atoms with Crippen LogP contribution >= 0.6 is 11.8 Å². The molecule has 8 unspecified atom stereocenters. The SMILES string of the molecule is C=C1/C(=C\C=C2/CCC[C@@]3(C)C2CCC3C(C)/C=C/C(O)C2CC2)CCC[C@@H]1OC(=O)CSC1CC(=O)N(CCCC(=O)OCC2OC(n3ccc(N)nc3=O)C(F)(F)C2O)C1=O. The highest BCUT2D eigenvalue weighted by Crippen LogP contribution is 2.59. The Morgan fingerprint density at radius 3 is 2.63 bits per heavy atom. The number of thioether (sulfide) groups is 1. The third kappa shape index (κ3) is 10.4. The first-order chi connectivity index (χ1) is 30.0. The number of amides is 2. The normalized spacial score (nSPS) is 33.0. The number of halogens is 2. The summed E-state index contributed by atoms with van der Waals surface area (Å²) in [6.45, 7) is 8.24. The number of fused-ring (bicyclic) bond motifs is 1. The van der Waals surface area contributed by atoms with Gasteiger partial charge in [-0.05, 0) is 117 Å². The van der Waals surface area contributed by atoms with Gasteiger partial charge in [0.05, 0.1) is 17.1 Å². The van der Waals surface area contributed by atoms with E-state index in [4.69, 9.17) is 19.9 Å². The number of rotatable bonds is 16. The Morgan fingerprint density at radius 1 is 1.11 bits per heavy atom. The van der Waals surface area contributed by atoms with Crippen LogP contribution in [0.2, 0.25) is 0 Å². The van der Waals surface area contributed by atoms with Crippen molar-refractivity contribution in [3.05, 3.63) is 70.3 Å². The second-order valence-corrected chi connectivity index (χ2v) is 19.6. The lowest BCUT2D eigenvalue weighted by molar-refractivity contribution is -0.151. The van der Waals surface area contributed by atoms with Crippen LogP contribution in [0.1, 0.15) is 104 Å². The average Bonchev–Trinajstić information content (AvgIpc) is 3.93. The van der Waals surface area contributed by atoms with E-state index in [9.17, 15) is 43.0 Å². The number of carbonyl (C=O) groups is 4. The second-order valence-electron chi connectivity index (χ2n) is 18.4. The number of carbonyl (C=O) groups excluding carboxylic acids is 4. The highest BCUT2D eigenvalue weighted by molar-refractivity contribution is 8.01. The highest BCUT2D eigenvalue weighted by Gasteiger charge is 2.60. The zero-order valence-corrected chi connectivity index (χ0v) is 36.8. The van der Waals surface area contributed by atoms with Crippen molar-refractivity contribution in [2.45, 2.75) is 139 Å². The van der Waals surface area contributed by atoms with Gasteiger partial charge in [-0.3, -0.25) is 28.6 Å². The molecule has 17 heteroatoms. The van der Waals surface area contributed by atoms with Crippen LogP contribution in [0.15, 0.2) is 64.7 Å². The summed E-state index contributed by atoms with van der Waals surface area (Å²) in [6.07, 6.45) is 12.6. The number of aliphatic hydroxyl groups is 2. The number of anilines is 1. The molecule has 1 aromatic heterocycles. The molecule has 3 heterocycles. The van der Waals surface area contributed by atoms with E-state index in [0.29, 0.717) is 34.7 Å². The Hall–Kier alpha value is -4.19. The van der Waals surface area contributed by atoms with Crippen LogP contribution in [0.4, 0.5) is 14.6 Å². The molecule has 0 aromatic carbocycles. The minimum absolute atomic E-state index is 0.0226. The number of ether oxygens (including phenoxy) is 3. The fourth-order valence-electron chi connectivity index (χ4n) is 10.4. The van der Waals surface area contributed by atoms with E-state index >= 15 is 0 Å². The Bertz CT molecular complexity index is 2090. The fraction of sp³-hybridized carbons (Fsp3) is 0.652. The van der Waals surface area contributed by atoms with Crippen molar-refractivity contribution in [1.29, 1.82) is 0 Å². The molecule has 4 saturated carbocycles. The molecule has 344 valence electrons. The summed E-state index contributed by atoms with van der Waals surface area (Å²) in [5, 5.41) is 19.8. The van der Waals surface area contributed by atoms with Crippen LogP contribution in [0.3, 0.4) is 0 Å². The number of hydrogen-bond acceptors (Lipinski definition) is 13. The predicted octanol–water partition coefficient (Wildman–Crippen LogP) is 5.59. The first kappa shape index (κ1) is 46.8. The van der Waals surface area contributed by atoms with Crippen molar-refractivity contribution in [2.24, 2.45) is 29.1 Å². The molecule has 0 bridgehead atoms. The van der Waals surface area contributed by atoms with Gasteiger partial charge in [-0.15, -0.1) is 11.8 Å². The zero-order valence-electron chi connectivity index (χ0n) is 36.0. The van der Waals surface area contributed by atoms with Crippen LogP contribution < -0.4 is 11.4 Å². The number of nitrogens with two attached hydrogens (primary N) is 1. The summed E-state index contributed by atoms with van der Waals surface area (Å²) >= 11 is 1.03. The highest BCUT2D eigenvalue weighted by atomic mass is 32.2. The molecule has 63 heavy (non-hydrogen) atoms. The van der Waals surface area contributed by atoms with E-state index in [-0.39, 0.29) is 48.9 Å². The summed E-state index contributed by atoms with van der Waals surface area (Å²) in [5.74, 6) is -4.58. The molecule has 4 N–H and O–H groups in total. The Balaban J connectivity index is 0.833. The van der Waals surface area contributed by atoms with Gasteiger partial charge >= 0.3 is 23.6 Å². The van der Waals surface area contributed by atoms with Gasteiger partial charge in [0.1, 0.15) is 24.6 Å². The molecule has 10 atom stereocenters. The molecule has 6 fully saturated rings. The van der Waals surface area contributed by atoms with Crippen molar-refractivity contribution in [1.82, 2.24) is 14.5 Å². The van der Waals surface area contributed by atoms with E-state index in [1.165, 1.54) is 18.4 Å². The molecule has 0 spiro atoms. The van der Waals surface area contributed by atoms with Crippen molar-refractivity contribution >= 4 is 41.3 Å². The number of likely N-dealkylation sites (tertiary alicyclic amines) is 1. The largest absolute Gasteiger partial charge is 0.463 e. The van der Waals surface area contributed by atoms with Gasteiger partial charge in [0, 0.05) is 25.6 Å². The molecular formula is C46H60F2N4O10S. The number of hydrogen-bond donors (Lipinski definition) is 3. The molecule has 7 rings (SSSR count). The molecule has 2 saturated heterocycles. The van der Waals surface area contributed by atoms with Crippen LogP contribution in [0.25, 0.3) is 0 Å². The smallest absolute Gasteiger partial charge is 0.351 e. The van der Waals surface area contributed by atoms with Gasteiger partial charge in [0.25, 0.3) is 0 Å². The first-order valence-corrected chi connectivity index (χ1v) is 23.3. The number of nitrogens with zero attached hydrogens (tertiary/aromatic N) is 3. The van der Waals surface area contributed by atoms with E-state index in [1.807, 2.05) is 6.08 Å². The molecule has 2 aliphatic heterocycles. The van der Waals surface area contributed by atoms with Crippen molar-refractivity contribution in [3.63, 3.8) is 0 Å². The minimum Gasteiger partial charge on any atom is -0.463 e. The van der Waals surface area contributed by atoms with Crippen molar-refractivity contribution < 1.29 is 52.4 Å². The molecule has 1 aromatic rings. The summed E-state index contributed by atoms with van der Waals surface area (Å²) in [7, 11) is 0. The van der Waals surface area contributed by atoms with Crippen LogP contribution in [0.5, 0.6) is 0 Å². The lowest BCUT2D eigenvalue weighted by atomic mass is 9.61. The Labute approximate surface area is 370 Å². The number of imide groups is 1. The average molecular weight is 899 g/mol. The number of allylic oxidation sites excluding steroid dienone is 4. The van der Waals surface area contributed by atoms with E-state index in [0.717, 1.165) is 85.0 Å². The number of nitrogen functional groups attached to an aromatic ring is 1. The fourth-order valence-corrected chi connectivity index (χ4v) is 11.4. The number of esters is 2. The maximum Gasteiger partial charge on any atom is 0.351 e. The number of aromatic nitrogens is 2. The maximum atomic E-state index is 14.8. The third-order valence-corrected chi connectivity index (χ3v) is 15.3. The topological polar surface area (TPSA) is 201 Å². The lowest BCUT2D eigenvalue weighted by Gasteiger charge is -2.44. The molecule has 14 nitrogen and oxygen atoms in total. The molecule has 6 aliphatic rings. The van der Waals surface area contributed by atoms with Gasteiger partial charge in [0.15, 0.2) is 6.10 Å². The van der Waals surface area contributed by atoms with Crippen LogP contribution in [-0.2, 0) is 33.4 Å².